The summed E-state index contributed by atoms with van der Waals surface area (Å²) in [5, 5.41) is 22.2. The van der Waals surface area contributed by atoms with Gasteiger partial charge in [-0.05, 0) is 28.8 Å². The Balaban J connectivity index is 2.58. The zero-order valence-electron chi connectivity index (χ0n) is 16.7. The van der Waals surface area contributed by atoms with E-state index in [1.54, 1.807) is 12.1 Å². The fourth-order valence-electron chi connectivity index (χ4n) is 4.38. The number of nitriles is 1. The Kier molecular flexibility index (Phi) is 5.58. The predicted octanol–water partition coefficient (Wildman–Crippen LogP) is 4.54. The van der Waals surface area contributed by atoms with E-state index in [2.05, 4.69) is 0 Å². The van der Waals surface area contributed by atoms with Crippen molar-refractivity contribution in [1.29, 1.82) is 5.26 Å². The first-order valence-corrected chi connectivity index (χ1v) is 9.34. The predicted molar refractivity (Wildman–Crippen MR) is 111 cm³/mol. The molecule has 0 aromatic heterocycles. The van der Waals surface area contributed by atoms with Gasteiger partial charge in [0.25, 0.3) is 5.60 Å². The first kappa shape index (κ1) is 20.4. The lowest BCUT2D eigenvalue weighted by Crippen LogP contribution is -2.58. The number of hydrogen-bond donors (Lipinski definition) is 1. The van der Waals surface area contributed by atoms with Crippen LogP contribution in [0.3, 0.4) is 0 Å². The van der Waals surface area contributed by atoms with Crippen LogP contribution in [0, 0.1) is 11.3 Å². The van der Waals surface area contributed by atoms with Crippen molar-refractivity contribution in [2.75, 3.05) is 14.2 Å². The fraction of sp³-hybridized carbons (Fsp3) is 0.250. The van der Waals surface area contributed by atoms with Gasteiger partial charge in [-0.1, -0.05) is 67.6 Å². The first-order chi connectivity index (χ1) is 14.0. The number of ether oxygens (including phenoxy) is 2. The number of carbonyl (C=O) groups is 1. The average Bonchev–Trinajstić information content (AvgIpc) is 2.77. The van der Waals surface area contributed by atoms with Gasteiger partial charge in [0.05, 0.1) is 12.5 Å². The number of rotatable bonds is 7. The molecule has 29 heavy (non-hydrogen) atoms. The molecule has 0 radical (unpaired) electrons. The summed E-state index contributed by atoms with van der Waals surface area (Å²) < 4.78 is 11.1. The number of nitrogens with zero attached hydrogens (tertiary/aromatic N) is 1. The highest BCUT2D eigenvalue weighted by Crippen LogP contribution is 2.51. The van der Waals surface area contributed by atoms with Gasteiger partial charge in [-0.3, -0.25) is 0 Å². The molecule has 2 atom stereocenters. The quantitative estimate of drug-likeness (QED) is 0.642. The summed E-state index contributed by atoms with van der Waals surface area (Å²) in [5.41, 5.74) is -2.20. The van der Waals surface area contributed by atoms with Crippen LogP contribution in [0.2, 0.25) is 0 Å². The largest absolute Gasteiger partial charge is 0.496 e. The summed E-state index contributed by atoms with van der Waals surface area (Å²) in [6.07, 6.45) is 0.301. The molecule has 0 saturated carbocycles. The average molecular weight is 389 g/mol. The van der Waals surface area contributed by atoms with E-state index in [4.69, 9.17) is 9.47 Å². The molecule has 148 valence electrons. The molecule has 0 aliphatic rings. The lowest BCUT2D eigenvalue weighted by Gasteiger charge is -2.44. The maximum absolute atomic E-state index is 12.6. The van der Waals surface area contributed by atoms with Crippen molar-refractivity contribution in [2.24, 2.45) is 0 Å². The number of fused-ring (bicyclic) bond motifs is 1. The molecule has 3 aromatic rings. The second kappa shape index (κ2) is 7.94. The van der Waals surface area contributed by atoms with Gasteiger partial charge in [0.1, 0.15) is 11.8 Å². The molecule has 3 aromatic carbocycles. The molecule has 0 aliphatic heterocycles. The van der Waals surface area contributed by atoms with Crippen LogP contribution in [-0.2, 0) is 14.9 Å². The Morgan fingerprint density at radius 3 is 2.24 bits per heavy atom. The van der Waals surface area contributed by atoms with Gasteiger partial charge < -0.3 is 14.6 Å². The van der Waals surface area contributed by atoms with Crippen LogP contribution < -0.4 is 4.74 Å². The van der Waals surface area contributed by atoms with Crippen LogP contribution in [0.4, 0.5) is 0 Å². The molecule has 5 nitrogen and oxygen atoms in total. The highest BCUT2D eigenvalue weighted by molar-refractivity contribution is 5.92. The van der Waals surface area contributed by atoms with Gasteiger partial charge >= 0.3 is 5.97 Å². The SMILES string of the molecule is CC[C@@](c1ccccc1OC)(c1cccc2ccccc12)[C@@](C#N)(OC)C(=O)O. The van der Waals surface area contributed by atoms with Crippen molar-refractivity contribution >= 4 is 16.7 Å². The molecule has 0 fully saturated rings. The molecule has 3 rings (SSSR count). The van der Waals surface area contributed by atoms with E-state index in [0.29, 0.717) is 23.3 Å². The van der Waals surface area contributed by atoms with Crippen molar-refractivity contribution in [3.63, 3.8) is 0 Å². The van der Waals surface area contributed by atoms with Crippen LogP contribution in [0.25, 0.3) is 10.8 Å². The molecule has 0 amide bonds. The Morgan fingerprint density at radius 1 is 1.00 bits per heavy atom. The standard InChI is InChI=1S/C24H23NO4/c1-4-23(24(16-25,29-3)22(26)27,20-13-7-8-15-21(20)28-2)19-14-9-11-17-10-5-6-12-18(17)19/h5-15H,4H2,1-3H3,(H,26,27)/t23-,24-/m0/s1. The molecule has 1 N–H and O–H groups in total. The Hall–Kier alpha value is -3.36. The smallest absolute Gasteiger partial charge is 0.352 e. The molecule has 5 heteroatoms. The number of hydrogen-bond acceptors (Lipinski definition) is 4. The van der Waals surface area contributed by atoms with E-state index in [-0.39, 0.29) is 0 Å². The van der Waals surface area contributed by atoms with Crippen molar-refractivity contribution in [3.05, 3.63) is 77.9 Å². The third-order valence-electron chi connectivity index (χ3n) is 5.71. The van der Waals surface area contributed by atoms with Gasteiger partial charge in [0.2, 0.25) is 0 Å². The lowest BCUT2D eigenvalue weighted by atomic mass is 9.60. The molecule has 0 spiro atoms. The number of carboxylic acids is 1. The van der Waals surface area contributed by atoms with E-state index >= 15 is 0 Å². The molecule has 0 unspecified atom stereocenters. The van der Waals surface area contributed by atoms with Crippen LogP contribution in [0.5, 0.6) is 5.75 Å². The number of carboxylic acid groups (broad SMARTS) is 1. The minimum atomic E-state index is -2.17. The minimum absolute atomic E-state index is 0.301. The first-order valence-electron chi connectivity index (χ1n) is 9.34. The molecule has 0 heterocycles. The maximum atomic E-state index is 12.6. The van der Waals surface area contributed by atoms with Crippen molar-refractivity contribution in [1.82, 2.24) is 0 Å². The Labute approximate surface area is 170 Å². The lowest BCUT2D eigenvalue weighted by molar-refractivity contribution is -0.161. The second-order valence-corrected chi connectivity index (χ2v) is 6.79. The highest BCUT2D eigenvalue weighted by atomic mass is 16.5. The van der Waals surface area contributed by atoms with E-state index < -0.39 is 17.0 Å². The summed E-state index contributed by atoms with van der Waals surface area (Å²) in [7, 11) is 2.80. The minimum Gasteiger partial charge on any atom is -0.496 e. The zero-order chi connectivity index (χ0) is 21.1. The van der Waals surface area contributed by atoms with Crippen molar-refractivity contribution in [3.8, 4) is 11.8 Å². The van der Waals surface area contributed by atoms with Gasteiger partial charge in [-0.25, -0.2) is 4.79 Å². The van der Waals surface area contributed by atoms with Gasteiger partial charge in [-0.2, -0.15) is 5.26 Å². The third kappa shape index (κ3) is 2.84. The monoisotopic (exact) mass is 389 g/mol. The summed E-state index contributed by atoms with van der Waals surface area (Å²) >= 11 is 0. The van der Waals surface area contributed by atoms with E-state index in [9.17, 15) is 15.2 Å². The molecule has 0 aliphatic carbocycles. The molecule has 0 bridgehead atoms. The van der Waals surface area contributed by atoms with Crippen LogP contribution >= 0.6 is 0 Å². The Bertz CT molecular complexity index is 1080. The topological polar surface area (TPSA) is 79.5 Å². The van der Waals surface area contributed by atoms with E-state index in [0.717, 1.165) is 10.8 Å². The van der Waals surface area contributed by atoms with Crippen LogP contribution in [0.15, 0.2) is 66.7 Å². The molecular weight excluding hydrogens is 366 g/mol. The van der Waals surface area contributed by atoms with E-state index in [1.807, 2.05) is 67.6 Å². The second-order valence-electron chi connectivity index (χ2n) is 6.79. The van der Waals surface area contributed by atoms with Gasteiger partial charge in [-0.15, -0.1) is 0 Å². The van der Waals surface area contributed by atoms with Crippen LogP contribution in [-0.4, -0.2) is 30.9 Å². The van der Waals surface area contributed by atoms with Crippen molar-refractivity contribution in [2.45, 2.75) is 24.4 Å². The van der Waals surface area contributed by atoms with E-state index in [1.165, 1.54) is 14.2 Å². The summed E-state index contributed by atoms with van der Waals surface area (Å²) in [6, 6.07) is 22.6. The van der Waals surface area contributed by atoms with Gasteiger partial charge in [0, 0.05) is 12.7 Å². The normalized spacial score (nSPS) is 15.1. The fourth-order valence-corrected chi connectivity index (χ4v) is 4.38. The Morgan fingerprint density at radius 2 is 1.62 bits per heavy atom. The number of para-hydroxylation sites is 1. The highest BCUT2D eigenvalue weighted by Gasteiger charge is 2.61. The zero-order valence-corrected chi connectivity index (χ0v) is 16.7. The van der Waals surface area contributed by atoms with Crippen molar-refractivity contribution < 1.29 is 19.4 Å². The van der Waals surface area contributed by atoms with Gasteiger partial charge in [0.15, 0.2) is 0 Å². The third-order valence-corrected chi connectivity index (χ3v) is 5.71. The number of methoxy groups -OCH3 is 2. The molecular formula is C24H23NO4. The summed E-state index contributed by atoms with van der Waals surface area (Å²) in [5.74, 6) is -0.844. The summed E-state index contributed by atoms with van der Waals surface area (Å²) in [6.45, 7) is 1.86. The number of aliphatic carboxylic acids is 1. The summed E-state index contributed by atoms with van der Waals surface area (Å²) in [4.78, 5) is 12.6. The number of benzene rings is 3. The van der Waals surface area contributed by atoms with Crippen LogP contribution in [0.1, 0.15) is 24.5 Å². The molecule has 0 saturated heterocycles. The maximum Gasteiger partial charge on any atom is 0.352 e.